The highest BCUT2D eigenvalue weighted by Gasteiger charge is 2.29. The molecule has 1 atom stereocenters. The molecule has 4 heterocycles. The van der Waals surface area contributed by atoms with Gasteiger partial charge < -0.3 is 14.5 Å². The fourth-order valence-corrected chi connectivity index (χ4v) is 3.87. The van der Waals surface area contributed by atoms with Crippen LogP contribution < -0.4 is 9.80 Å². The van der Waals surface area contributed by atoms with Crippen molar-refractivity contribution in [3.63, 3.8) is 0 Å². The molecule has 1 saturated heterocycles. The molecule has 27 heavy (non-hydrogen) atoms. The summed E-state index contributed by atoms with van der Waals surface area (Å²) < 4.78 is 5.62. The quantitative estimate of drug-likeness (QED) is 0.768. The third-order valence-corrected chi connectivity index (χ3v) is 5.58. The number of rotatable bonds is 4. The van der Waals surface area contributed by atoms with Gasteiger partial charge in [0.25, 0.3) is 0 Å². The maximum atomic E-state index is 5.62. The van der Waals surface area contributed by atoms with Gasteiger partial charge in [-0.1, -0.05) is 0 Å². The molecule has 5 rings (SSSR count). The average Bonchev–Trinajstić information content (AvgIpc) is 3.41. The smallest absolute Gasteiger partial charge is 0.131 e. The van der Waals surface area contributed by atoms with E-state index in [9.17, 15) is 0 Å². The van der Waals surface area contributed by atoms with Crippen LogP contribution in [-0.4, -0.2) is 59.1 Å². The number of aromatic amines is 1. The third-order valence-electron chi connectivity index (χ3n) is 5.58. The summed E-state index contributed by atoms with van der Waals surface area (Å²) in [5, 5.41) is 8.27. The van der Waals surface area contributed by atoms with E-state index in [0.717, 1.165) is 47.9 Å². The zero-order valence-corrected chi connectivity index (χ0v) is 15.7. The van der Waals surface area contributed by atoms with Gasteiger partial charge in [-0.25, -0.2) is 4.98 Å². The lowest BCUT2D eigenvalue weighted by Gasteiger charge is -2.35. The van der Waals surface area contributed by atoms with E-state index < -0.39 is 0 Å². The second-order valence-electron chi connectivity index (χ2n) is 7.49. The van der Waals surface area contributed by atoms with Crippen molar-refractivity contribution in [2.24, 2.45) is 0 Å². The predicted octanol–water partition coefficient (Wildman–Crippen LogP) is 2.84. The number of fused-ring (bicyclic) bond motifs is 1. The van der Waals surface area contributed by atoms with E-state index in [1.165, 1.54) is 18.5 Å². The Hall–Kier alpha value is -2.67. The van der Waals surface area contributed by atoms with Crippen LogP contribution in [0.4, 0.5) is 11.5 Å². The van der Waals surface area contributed by atoms with Crippen molar-refractivity contribution >= 4 is 22.4 Å². The highest BCUT2D eigenvalue weighted by molar-refractivity contribution is 6.00. The molecule has 2 aliphatic rings. The van der Waals surface area contributed by atoms with Gasteiger partial charge in [-0.05, 0) is 31.9 Å². The Morgan fingerprint density at radius 1 is 1.26 bits per heavy atom. The second kappa shape index (κ2) is 6.49. The van der Waals surface area contributed by atoms with Crippen LogP contribution in [0, 0.1) is 0 Å². The van der Waals surface area contributed by atoms with Crippen molar-refractivity contribution in [3.05, 3.63) is 30.6 Å². The molecule has 1 aliphatic heterocycles. The molecular formula is C20H24N6O. The number of H-pyrrole nitrogens is 1. The lowest BCUT2D eigenvalue weighted by Crippen LogP contribution is -2.44. The first-order chi connectivity index (χ1) is 13.2. The molecule has 140 valence electrons. The van der Waals surface area contributed by atoms with Gasteiger partial charge in [0.05, 0.1) is 24.9 Å². The van der Waals surface area contributed by atoms with E-state index in [4.69, 9.17) is 9.72 Å². The third kappa shape index (κ3) is 2.92. The van der Waals surface area contributed by atoms with E-state index in [-0.39, 0.29) is 0 Å². The van der Waals surface area contributed by atoms with Crippen molar-refractivity contribution in [1.82, 2.24) is 20.2 Å². The number of hydrogen-bond acceptors (Lipinski definition) is 6. The molecule has 3 aromatic rings. The normalized spacial score (nSPS) is 20.2. The molecule has 2 fully saturated rings. The molecule has 0 spiro atoms. The number of hydrogen-bond donors (Lipinski definition) is 1. The molecule has 7 nitrogen and oxygen atoms in total. The molecular weight excluding hydrogens is 340 g/mol. The Morgan fingerprint density at radius 3 is 2.89 bits per heavy atom. The fraction of sp³-hybridized carbons (Fsp3) is 0.450. The van der Waals surface area contributed by atoms with Crippen LogP contribution in [0.25, 0.3) is 22.3 Å². The maximum Gasteiger partial charge on any atom is 0.131 e. The van der Waals surface area contributed by atoms with Crippen LogP contribution in [0.2, 0.25) is 0 Å². The lowest BCUT2D eigenvalue weighted by molar-refractivity contribution is 0.0986. The van der Waals surface area contributed by atoms with Crippen LogP contribution in [-0.2, 0) is 4.74 Å². The fourth-order valence-electron chi connectivity index (χ4n) is 3.87. The van der Waals surface area contributed by atoms with Gasteiger partial charge in [0, 0.05) is 49.2 Å². The Labute approximate surface area is 158 Å². The van der Waals surface area contributed by atoms with Gasteiger partial charge in [0.15, 0.2) is 0 Å². The van der Waals surface area contributed by atoms with Gasteiger partial charge >= 0.3 is 0 Å². The number of morpholine rings is 1. The number of anilines is 2. The molecule has 1 unspecified atom stereocenters. The van der Waals surface area contributed by atoms with Crippen molar-refractivity contribution in [1.29, 1.82) is 0 Å². The van der Waals surface area contributed by atoms with E-state index in [1.54, 1.807) is 6.20 Å². The second-order valence-corrected chi connectivity index (χ2v) is 7.49. The summed E-state index contributed by atoms with van der Waals surface area (Å²) in [4.78, 5) is 14.4. The van der Waals surface area contributed by atoms with E-state index in [1.807, 2.05) is 12.3 Å². The Kier molecular flexibility index (Phi) is 3.97. The maximum absolute atomic E-state index is 5.62. The highest BCUT2D eigenvalue weighted by atomic mass is 16.5. The summed E-state index contributed by atoms with van der Waals surface area (Å²) in [5.41, 5.74) is 3.87. The number of nitrogens with zero attached hydrogens (tertiary/aromatic N) is 5. The first kappa shape index (κ1) is 16.5. The van der Waals surface area contributed by atoms with Crippen LogP contribution >= 0.6 is 0 Å². The molecule has 3 aromatic heterocycles. The first-order valence-corrected chi connectivity index (χ1v) is 9.59. The molecule has 1 aliphatic carbocycles. The molecule has 0 bridgehead atoms. The first-order valence-electron chi connectivity index (χ1n) is 9.59. The zero-order chi connectivity index (χ0) is 18.4. The Balaban J connectivity index is 1.72. The Morgan fingerprint density at radius 2 is 2.15 bits per heavy atom. The summed E-state index contributed by atoms with van der Waals surface area (Å²) in [5.74, 6) is 0.995. The van der Waals surface area contributed by atoms with Gasteiger partial charge in [0.1, 0.15) is 17.0 Å². The minimum absolute atomic E-state index is 0.301. The summed E-state index contributed by atoms with van der Waals surface area (Å²) in [6.07, 6.45) is 6.12. The van der Waals surface area contributed by atoms with Crippen molar-refractivity contribution in [2.75, 3.05) is 36.6 Å². The molecule has 1 N–H and O–H groups in total. The van der Waals surface area contributed by atoms with Crippen LogP contribution in [0.3, 0.4) is 0 Å². The predicted molar refractivity (Wildman–Crippen MR) is 106 cm³/mol. The standard InChI is InChI=1S/C20H24N6O/c1-13-12-27-10-9-26(13)18-11-17(25(2)14-3-4-14)15-5-7-21-20(19(15)23-18)16-6-8-22-24-16/h5-8,11,13-14H,3-4,9-10,12H2,1-2H3,(H,22,24). The van der Waals surface area contributed by atoms with Gasteiger partial charge in [0.2, 0.25) is 0 Å². The Bertz CT molecular complexity index is 953. The molecule has 0 aromatic carbocycles. The van der Waals surface area contributed by atoms with Gasteiger partial charge in [-0.2, -0.15) is 5.10 Å². The summed E-state index contributed by atoms with van der Waals surface area (Å²) in [7, 11) is 2.19. The highest BCUT2D eigenvalue weighted by Crippen LogP contribution is 2.38. The molecule has 0 radical (unpaired) electrons. The summed E-state index contributed by atoms with van der Waals surface area (Å²) >= 11 is 0. The number of aromatic nitrogens is 4. The topological polar surface area (TPSA) is 70.2 Å². The minimum atomic E-state index is 0.301. The van der Waals surface area contributed by atoms with E-state index in [0.29, 0.717) is 12.1 Å². The summed E-state index contributed by atoms with van der Waals surface area (Å²) in [6.45, 7) is 4.51. The van der Waals surface area contributed by atoms with Gasteiger partial charge in [-0.3, -0.25) is 10.1 Å². The van der Waals surface area contributed by atoms with Gasteiger partial charge in [-0.15, -0.1) is 0 Å². The van der Waals surface area contributed by atoms with Crippen LogP contribution in [0.5, 0.6) is 0 Å². The lowest BCUT2D eigenvalue weighted by atomic mass is 10.1. The molecule has 0 amide bonds. The van der Waals surface area contributed by atoms with Crippen molar-refractivity contribution < 1.29 is 4.74 Å². The molecule has 1 saturated carbocycles. The largest absolute Gasteiger partial charge is 0.377 e. The zero-order valence-electron chi connectivity index (χ0n) is 15.7. The van der Waals surface area contributed by atoms with E-state index in [2.05, 4.69) is 51.1 Å². The van der Waals surface area contributed by atoms with Crippen LogP contribution in [0.15, 0.2) is 30.6 Å². The number of nitrogens with one attached hydrogen (secondary N) is 1. The SMILES string of the molecule is CC1COCCN1c1cc(N(C)C2CC2)c2ccnc(-c3ccn[nH]3)c2n1. The van der Waals surface area contributed by atoms with E-state index >= 15 is 0 Å². The molecule has 7 heteroatoms. The minimum Gasteiger partial charge on any atom is -0.377 e. The van der Waals surface area contributed by atoms with Crippen molar-refractivity contribution in [2.45, 2.75) is 31.8 Å². The monoisotopic (exact) mass is 364 g/mol. The average molecular weight is 364 g/mol. The van der Waals surface area contributed by atoms with Crippen LogP contribution in [0.1, 0.15) is 19.8 Å². The summed E-state index contributed by atoms with van der Waals surface area (Å²) in [6, 6.07) is 7.17. The van der Waals surface area contributed by atoms with Crippen molar-refractivity contribution in [3.8, 4) is 11.4 Å². The number of ether oxygens (including phenoxy) is 1. The number of pyridine rings is 2.